The maximum Gasteiger partial charge on any atom is 0.338 e. The van der Waals surface area contributed by atoms with Gasteiger partial charge in [0.25, 0.3) is 5.91 Å². The van der Waals surface area contributed by atoms with Gasteiger partial charge in [0.2, 0.25) is 0 Å². The zero-order valence-corrected chi connectivity index (χ0v) is 14.0. The van der Waals surface area contributed by atoms with Crippen LogP contribution in [0.1, 0.15) is 39.0 Å². The Morgan fingerprint density at radius 1 is 1.25 bits per heavy atom. The van der Waals surface area contributed by atoms with Crippen molar-refractivity contribution in [1.29, 1.82) is 0 Å². The molecular weight excluding hydrogens is 310 g/mol. The lowest BCUT2D eigenvalue weighted by molar-refractivity contribution is -0.123. The third kappa shape index (κ3) is 3.68. The number of hydrogen-bond donors (Lipinski definition) is 1. The number of carbonyl (C=O) groups excluding carboxylic acids is 3. The van der Waals surface area contributed by atoms with E-state index in [9.17, 15) is 14.4 Å². The second kappa shape index (κ2) is 7.08. The summed E-state index contributed by atoms with van der Waals surface area (Å²) < 4.78 is 6.83. The van der Waals surface area contributed by atoms with Gasteiger partial charge in [-0.05, 0) is 32.9 Å². The zero-order chi connectivity index (χ0) is 17.9. The summed E-state index contributed by atoms with van der Waals surface area (Å²) in [4.78, 5) is 34.9. The number of rotatable bonds is 5. The van der Waals surface area contributed by atoms with Crippen LogP contribution in [0.3, 0.4) is 0 Å². The standard InChI is InChI=1S/C17H19N3O4/c1-10-15(11(2)20(4)19-10)18-16(22)12(3)24-17(23)14-7-5-13(9-21)6-8-14/h5-9,12H,1-4H3,(H,18,22)/t12-/m0/s1. The van der Waals surface area contributed by atoms with E-state index in [4.69, 9.17) is 4.74 Å². The van der Waals surface area contributed by atoms with Gasteiger partial charge >= 0.3 is 5.97 Å². The highest BCUT2D eigenvalue weighted by Crippen LogP contribution is 2.19. The minimum atomic E-state index is -0.970. The van der Waals surface area contributed by atoms with Crippen LogP contribution in [0.25, 0.3) is 0 Å². The molecule has 0 bridgehead atoms. The van der Waals surface area contributed by atoms with Gasteiger partial charge in [-0.2, -0.15) is 5.10 Å². The monoisotopic (exact) mass is 329 g/mol. The highest BCUT2D eigenvalue weighted by atomic mass is 16.5. The second-order valence-electron chi connectivity index (χ2n) is 5.45. The molecule has 0 radical (unpaired) electrons. The molecule has 126 valence electrons. The molecule has 0 aliphatic carbocycles. The second-order valence-corrected chi connectivity index (χ2v) is 5.45. The van der Waals surface area contributed by atoms with Crippen molar-refractivity contribution in [2.75, 3.05) is 5.32 Å². The first-order valence-corrected chi connectivity index (χ1v) is 7.40. The molecule has 0 aliphatic heterocycles. The average molecular weight is 329 g/mol. The van der Waals surface area contributed by atoms with Gasteiger partial charge in [0, 0.05) is 12.6 Å². The van der Waals surface area contributed by atoms with Gasteiger partial charge in [-0.25, -0.2) is 4.79 Å². The number of carbonyl (C=O) groups is 3. The molecule has 0 fully saturated rings. The lowest BCUT2D eigenvalue weighted by Gasteiger charge is -2.14. The Balaban J connectivity index is 2.02. The minimum absolute atomic E-state index is 0.272. The van der Waals surface area contributed by atoms with Gasteiger partial charge in [-0.3, -0.25) is 14.3 Å². The molecule has 1 aromatic carbocycles. The molecule has 1 heterocycles. The van der Waals surface area contributed by atoms with Gasteiger partial charge in [0.05, 0.1) is 22.6 Å². The van der Waals surface area contributed by atoms with Gasteiger partial charge in [0.1, 0.15) is 6.29 Å². The van der Waals surface area contributed by atoms with Gasteiger partial charge in [-0.1, -0.05) is 12.1 Å². The van der Waals surface area contributed by atoms with Crippen molar-refractivity contribution >= 4 is 23.9 Å². The topological polar surface area (TPSA) is 90.3 Å². The Kier molecular flexibility index (Phi) is 5.13. The summed E-state index contributed by atoms with van der Waals surface area (Å²) in [6.07, 6.45) is -0.286. The molecule has 0 saturated carbocycles. The molecule has 7 heteroatoms. The average Bonchev–Trinajstić information content (AvgIpc) is 2.81. The van der Waals surface area contributed by atoms with Crippen LogP contribution in [0.4, 0.5) is 5.69 Å². The van der Waals surface area contributed by atoms with Crippen LogP contribution < -0.4 is 5.32 Å². The zero-order valence-electron chi connectivity index (χ0n) is 14.0. The number of aldehydes is 1. The van der Waals surface area contributed by atoms with Crippen LogP contribution in [0.5, 0.6) is 0 Å². The summed E-state index contributed by atoms with van der Waals surface area (Å²) in [5.41, 5.74) is 2.84. The predicted molar refractivity (Wildman–Crippen MR) is 88.0 cm³/mol. The maximum atomic E-state index is 12.2. The van der Waals surface area contributed by atoms with E-state index in [-0.39, 0.29) is 5.56 Å². The Morgan fingerprint density at radius 3 is 2.38 bits per heavy atom. The van der Waals surface area contributed by atoms with Crippen molar-refractivity contribution in [2.24, 2.45) is 7.05 Å². The molecule has 1 N–H and O–H groups in total. The smallest absolute Gasteiger partial charge is 0.338 e. The van der Waals surface area contributed by atoms with E-state index in [1.54, 1.807) is 18.7 Å². The Labute approximate surface area is 139 Å². The van der Waals surface area contributed by atoms with Crippen LogP contribution >= 0.6 is 0 Å². The molecule has 24 heavy (non-hydrogen) atoms. The molecule has 1 aromatic heterocycles. The Hall–Kier alpha value is -2.96. The fourth-order valence-corrected chi connectivity index (χ4v) is 2.16. The summed E-state index contributed by atoms with van der Waals surface area (Å²) in [5, 5.41) is 6.94. The van der Waals surface area contributed by atoms with Crippen LogP contribution in [-0.4, -0.2) is 34.0 Å². The molecule has 0 spiro atoms. The van der Waals surface area contributed by atoms with Crippen molar-refractivity contribution in [3.05, 3.63) is 46.8 Å². The number of benzene rings is 1. The van der Waals surface area contributed by atoms with Crippen LogP contribution in [0.15, 0.2) is 24.3 Å². The van der Waals surface area contributed by atoms with Crippen LogP contribution in [0, 0.1) is 13.8 Å². The van der Waals surface area contributed by atoms with E-state index >= 15 is 0 Å². The number of amides is 1. The molecule has 0 unspecified atom stereocenters. The number of ether oxygens (including phenoxy) is 1. The first-order chi connectivity index (χ1) is 11.3. The summed E-state index contributed by atoms with van der Waals surface area (Å²) in [6.45, 7) is 5.11. The molecule has 0 aliphatic rings. The van der Waals surface area contributed by atoms with E-state index < -0.39 is 18.0 Å². The number of aromatic nitrogens is 2. The molecule has 7 nitrogen and oxygen atoms in total. The molecule has 2 rings (SSSR count). The van der Waals surface area contributed by atoms with Gasteiger partial charge < -0.3 is 10.1 Å². The van der Waals surface area contributed by atoms with E-state index in [1.165, 1.54) is 31.2 Å². The number of hydrogen-bond acceptors (Lipinski definition) is 5. The summed E-state index contributed by atoms with van der Waals surface area (Å²) >= 11 is 0. The van der Waals surface area contributed by atoms with Crippen LogP contribution in [0.2, 0.25) is 0 Å². The molecular formula is C17H19N3O4. The normalized spacial score (nSPS) is 11.7. The third-order valence-corrected chi connectivity index (χ3v) is 3.69. The fourth-order valence-electron chi connectivity index (χ4n) is 2.16. The van der Waals surface area contributed by atoms with Crippen molar-refractivity contribution in [3.8, 4) is 0 Å². The summed E-state index contributed by atoms with van der Waals surface area (Å²) in [7, 11) is 1.78. The maximum absolute atomic E-state index is 12.2. The SMILES string of the molecule is Cc1nn(C)c(C)c1NC(=O)[C@H](C)OC(=O)c1ccc(C=O)cc1. The largest absolute Gasteiger partial charge is 0.449 e. The van der Waals surface area contributed by atoms with E-state index in [1.807, 2.05) is 6.92 Å². The number of esters is 1. The summed E-state index contributed by atoms with van der Waals surface area (Å²) in [5.74, 6) is -1.07. The Morgan fingerprint density at radius 2 is 1.88 bits per heavy atom. The third-order valence-electron chi connectivity index (χ3n) is 3.69. The minimum Gasteiger partial charge on any atom is -0.449 e. The van der Waals surface area contributed by atoms with Crippen molar-refractivity contribution in [1.82, 2.24) is 9.78 Å². The lowest BCUT2D eigenvalue weighted by atomic mass is 10.1. The van der Waals surface area contributed by atoms with E-state index in [2.05, 4.69) is 10.4 Å². The molecule has 1 amide bonds. The number of aryl methyl sites for hydroxylation is 2. The van der Waals surface area contributed by atoms with Gasteiger partial charge in [0.15, 0.2) is 6.10 Å². The highest BCUT2D eigenvalue weighted by molar-refractivity contribution is 5.98. The first-order valence-electron chi connectivity index (χ1n) is 7.40. The van der Waals surface area contributed by atoms with Gasteiger partial charge in [-0.15, -0.1) is 0 Å². The molecule has 1 atom stereocenters. The van der Waals surface area contributed by atoms with Crippen molar-refractivity contribution in [3.63, 3.8) is 0 Å². The lowest BCUT2D eigenvalue weighted by Crippen LogP contribution is -2.30. The van der Waals surface area contributed by atoms with Crippen molar-refractivity contribution in [2.45, 2.75) is 26.9 Å². The fraction of sp³-hybridized carbons (Fsp3) is 0.294. The Bertz CT molecular complexity index is 778. The number of nitrogens with zero attached hydrogens (tertiary/aromatic N) is 2. The summed E-state index contributed by atoms with van der Waals surface area (Å²) in [6, 6.07) is 5.98. The number of nitrogens with one attached hydrogen (secondary N) is 1. The van der Waals surface area contributed by atoms with Crippen molar-refractivity contribution < 1.29 is 19.1 Å². The quantitative estimate of drug-likeness (QED) is 0.669. The number of anilines is 1. The highest BCUT2D eigenvalue weighted by Gasteiger charge is 2.21. The molecule has 2 aromatic rings. The predicted octanol–water partition coefficient (Wildman–Crippen LogP) is 2.03. The van der Waals surface area contributed by atoms with E-state index in [0.29, 0.717) is 23.2 Å². The van der Waals surface area contributed by atoms with Crippen LogP contribution in [-0.2, 0) is 16.6 Å². The van der Waals surface area contributed by atoms with E-state index in [0.717, 1.165) is 5.69 Å². The first kappa shape index (κ1) is 17.4. The molecule has 0 saturated heterocycles.